The molecule has 0 saturated heterocycles. The summed E-state index contributed by atoms with van der Waals surface area (Å²) in [6.45, 7) is 0.740. The third-order valence-corrected chi connectivity index (χ3v) is 8.55. The van der Waals surface area contributed by atoms with Gasteiger partial charge < -0.3 is 24.5 Å². The number of aromatic nitrogens is 1. The second-order valence-electron chi connectivity index (χ2n) is 11.1. The number of benzene rings is 3. The summed E-state index contributed by atoms with van der Waals surface area (Å²) >= 11 is 0. The van der Waals surface area contributed by atoms with Crippen LogP contribution in [0.1, 0.15) is 66.0 Å². The fourth-order valence-corrected chi connectivity index (χ4v) is 6.34. The maximum atomic E-state index is 11.7. The Bertz CT molecular complexity index is 1600. The number of H-pyrrole nitrogens is 1. The number of nitrogens with zero attached hydrogens (tertiary/aromatic N) is 1. The van der Waals surface area contributed by atoms with Crippen molar-refractivity contribution in [2.75, 3.05) is 20.8 Å². The molecular formula is C36H40N2O5. The fraction of sp³-hybridized carbons (Fsp3) is 0.333. The van der Waals surface area contributed by atoms with Crippen molar-refractivity contribution in [1.29, 1.82) is 0 Å². The monoisotopic (exact) mass is 580 g/mol. The first-order valence-corrected chi connectivity index (χ1v) is 15.0. The molecule has 4 aromatic rings. The first-order valence-electron chi connectivity index (χ1n) is 15.0. The average Bonchev–Trinajstić information content (AvgIpc) is 3.65. The highest BCUT2D eigenvalue weighted by Crippen LogP contribution is 2.39. The molecule has 1 atom stereocenters. The van der Waals surface area contributed by atoms with Crippen LogP contribution in [0.3, 0.4) is 0 Å². The lowest BCUT2D eigenvalue weighted by atomic mass is 9.89. The van der Waals surface area contributed by atoms with Gasteiger partial charge in [0, 0.05) is 30.1 Å². The Morgan fingerprint density at radius 2 is 1.77 bits per heavy atom. The molecule has 2 heterocycles. The number of nitrogens with one attached hydrogen (secondary N) is 1. The van der Waals surface area contributed by atoms with Gasteiger partial charge in [-0.2, -0.15) is 0 Å². The van der Waals surface area contributed by atoms with Gasteiger partial charge in [-0.15, -0.1) is 0 Å². The van der Waals surface area contributed by atoms with Crippen LogP contribution < -0.4 is 9.47 Å². The highest BCUT2D eigenvalue weighted by Gasteiger charge is 2.28. The van der Waals surface area contributed by atoms with Crippen molar-refractivity contribution in [3.05, 3.63) is 101 Å². The molecule has 3 aromatic carbocycles. The van der Waals surface area contributed by atoms with Crippen molar-refractivity contribution in [1.82, 2.24) is 9.88 Å². The van der Waals surface area contributed by atoms with Crippen LogP contribution in [0.5, 0.6) is 11.5 Å². The average molecular weight is 581 g/mol. The quantitative estimate of drug-likeness (QED) is 0.184. The summed E-state index contributed by atoms with van der Waals surface area (Å²) in [6, 6.07) is 20.9. The van der Waals surface area contributed by atoms with Gasteiger partial charge in [0.15, 0.2) is 11.5 Å². The second kappa shape index (κ2) is 14.1. The number of carbonyl (C=O) groups is 2. The Morgan fingerprint density at radius 1 is 1.00 bits per heavy atom. The number of hydrogen-bond donors (Lipinski definition) is 2. The number of para-hydroxylation sites is 1. The maximum absolute atomic E-state index is 11.7. The molecule has 0 spiro atoms. The molecule has 1 aliphatic carbocycles. The molecule has 0 radical (unpaired) electrons. The van der Waals surface area contributed by atoms with Crippen LogP contribution in [-0.4, -0.2) is 48.1 Å². The van der Waals surface area contributed by atoms with Crippen LogP contribution >= 0.6 is 0 Å². The van der Waals surface area contributed by atoms with Gasteiger partial charge in [-0.1, -0.05) is 48.5 Å². The minimum atomic E-state index is -0.707. The van der Waals surface area contributed by atoms with Gasteiger partial charge in [0.05, 0.1) is 20.3 Å². The first-order chi connectivity index (χ1) is 21.0. The number of aromatic amines is 1. The number of rotatable bonds is 11. The van der Waals surface area contributed by atoms with E-state index in [-0.39, 0.29) is 12.5 Å². The van der Waals surface area contributed by atoms with Gasteiger partial charge in [-0.05, 0) is 96.5 Å². The Labute approximate surface area is 253 Å². The zero-order valence-corrected chi connectivity index (χ0v) is 25.0. The van der Waals surface area contributed by atoms with E-state index in [2.05, 4.69) is 53.7 Å². The highest BCUT2D eigenvalue weighted by atomic mass is 16.5. The number of carbonyl (C=O) groups excluding carboxylic acids is 1. The number of allylic oxidation sites excluding steroid dienone is 2. The van der Waals surface area contributed by atoms with E-state index in [1.807, 2.05) is 29.2 Å². The maximum Gasteiger partial charge on any atom is 0.303 e. The van der Waals surface area contributed by atoms with E-state index in [4.69, 9.17) is 14.6 Å². The second-order valence-corrected chi connectivity index (χ2v) is 11.1. The van der Waals surface area contributed by atoms with Crippen molar-refractivity contribution >= 4 is 28.9 Å². The van der Waals surface area contributed by atoms with Gasteiger partial charge >= 0.3 is 5.97 Å². The van der Waals surface area contributed by atoms with Gasteiger partial charge in [0.2, 0.25) is 6.41 Å². The zero-order valence-electron chi connectivity index (χ0n) is 25.0. The lowest BCUT2D eigenvalue weighted by Gasteiger charge is -2.35. The molecule has 1 aromatic heterocycles. The molecule has 43 heavy (non-hydrogen) atoms. The molecule has 2 N–H and O–H groups in total. The summed E-state index contributed by atoms with van der Waals surface area (Å²) in [5.74, 6) is 0.760. The Kier molecular flexibility index (Phi) is 9.82. The Morgan fingerprint density at radius 3 is 2.56 bits per heavy atom. The topological polar surface area (TPSA) is 91.9 Å². The number of methoxy groups -OCH3 is 2. The molecule has 0 fully saturated rings. The summed E-state index contributed by atoms with van der Waals surface area (Å²) < 4.78 is 10.9. The molecule has 1 amide bonds. The van der Waals surface area contributed by atoms with Crippen LogP contribution in [0.25, 0.3) is 16.5 Å². The molecule has 2 aliphatic rings. The number of aliphatic carboxylic acids is 1. The van der Waals surface area contributed by atoms with Gasteiger partial charge in [-0.25, -0.2) is 0 Å². The largest absolute Gasteiger partial charge is 0.493 e. The van der Waals surface area contributed by atoms with Crippen molar-refractivity contribution in [3.63, 3.8) is 0 Å². The molecule has 0 bridgehead atoms. The third-order valence-electron chi connectivity index (χ3n) is 8.55. The van der Waals surface area contributed by atoms with E-state index in [0.717, 1.165) is 69.4 Å². The van der Waals surface area contributed by atoms with E-state index in [1.54, 1.807) is 14.2 Å². The first kappa shape index (κ1) is 30.0. The zero-order chi connectivity index (χ0) is 30.2. The molecule has 1 aliphatic heterocycles. The minimum absolute atomic E-state index is 0.0752. The molecular weight excluding hydrogens is 540 g/mol. The lowest BCUT2D eigenvalue weighted by molar-refractivity contribution is -0.137. The van der Waals surface area contributed by atoms with Gasteiger partial charge in [-0.3, -0.25) is 9.59 Å². The summed E-state index contributed by atoms with van der Waals surface area (Å²) in [6.07, 6.45) is 11.9. The predicted octanol–water partition coefficient (Wildman–Crippen LogP) is 7.14. The number of hydrogen-bond acceptors (Lipinski definition) is 4. The predicted molar refractivity (Wildman–Crippen MR) is 170 cm³/mol. The normalized spacial score (nSPS) is 15.2. The molecule has 7 heteroatoms. The van der Waals surface area contributed by atoms with Crippen LogP contribution in [0.2, 0.25) is 0 Å². The number of carboxylic acid groups (broad SMARTS) is 1. The summed E-state index contributed by atoms with van der Waals surface area (Å²) in [4.78, 5) is 27.4. The molecule has 7 nitrogen and oxygen atoms in total. The number of carboxylic acids is 1. The van der Waals surface area contributed by atoms with Crippen LogP contribution in [-0.2, 0) is 28.9 Å². The van der Waals surface area contributed by atoms with Gasteiger partial charge in [0.1, 0.15) is 0 Å². The van der Waals surface area contributed by atoms with E-state index in [0.29, 0.717) is 0 Å². The summed E-state index contributed by atoms with van der Waals surface area (Å²) in [5.41, 5.74) is 8.91. The van der Waals surface area contributed by atoms with E-state index >= 15 is 0 Å². The van der Waals surface area contributed by atoms with Crippen LogP contribution in [0.4, 0.5) is 0 Å². The highest BCUT2D eigenvalue weighted by molar-refractivity contribution is 5.83. The van der Waals surface area contributed by atoms with Crippen molar-refractivity contribution in [2.24, 2.45) is 0 Å². The van der Waals surface area contributed by atoms with Gasteiger partial charge in [0.25, 0.3) is 0 Å². The van der Waals surface area contributed by atoms with E-state index in [9.17, 15) is 9.59 Å². The SMILES string of the molecule is COc1cc2c(cc1OC)C(CCCc1c[nH]c3ccccc13)N(C=O)CC2.O=C(O)CCCC1=CCc2ccccc21. The number of aryl methyl sites for hydroxylation is 1. The number of amides is 1. The Balaban J connectivity index is 0.000000207. The van der Waals surface area contributed by atoms with Crippen molar-refractivity contribution in [3.8, 4) is 11.5 Å². The van der Waals surface area contributed by atoms with Crippen molar-refractivity contribution < 1.29 is 24.2 Å². The molecule has 224 valence electrons. The lowest BCUT2D eigenvalue weighted by Crippen LogP contribution is -2.34. The van der Waals surface area contributed by atoms with E-state index in [1.165, 1.54) is 44.3 Å². The fourth-order valence-electron chi connectivity index (χ4n) is 6.34. The van der Waals surface area contributed by atoms with E-state index < -0.39 is 5.97 Å². The summed E-state index contributed by atoms with van der Waals surface area (Å²) in [5, 5.41) is 9.85. The Hall–Kier alpha value is -4.52. The molecule has 1 unspecified atom stereocenters. The van der Waals surface area contributed by atoms with Crippen molar-refractivity contribution in [2.45, 2.75) is 57.4 Å². The van der Waals surface area contributed by atoms with Crippen LogP contribution in [0, 0.1) is 0 Å². The summed E-state index contributed by atoms with van der Waals surface area (Å²) in [7, 11) is 3.31. The standard InChI is InChI=1S/C23H26N2O3.C13H14O2/c1-27-22-12-16-10-11-25(15-26)21(19(16)13-23(22)28-2)9-5-6-17-14-24-20-8-4-3-7-18(17)20;14-13(15)7-3-5-11-9-8-10-4-1-2-6-12(10)11/h3-4,7-8,12-15,21,24H,5-6,9-11H2,1-2H3;1-2,4,6,9H,3,5,7-8H2,(H,14,15). The van der Waals surface area contributed by atoms with Crippen LogP contribution in [0.15, 0.2) is 72.9 Å². The third kappa shape index (κ3) is 6.94. The number of fused-ring (bicyclic) bond motifs is 3. The minimum Gasteiger partial charge on any atom is -0.493 e. The smallest absolute Gasteiger partial charge is 0.303 e. The number of ether oxygens (including phenoxy) is 2. The molecule has 0 saturated carbocycles. The molecule has 6 rings (SSSR count).